The van der Waals surface area contributed by atoms with E-state index in [1.807, 2.05) is 31.0 Å². The number of rotatable bonds is 5. The van der Waals surface area contributed by atoms with Crippen molar-refractivity contribution in [1.82, 2.24) is 10.2 Å². The minimum absolute atomic E-state index is 0.0902. The average molecular weight is 355 g/mol. The number of hydrogen-bond donors (Lipinski definition) is 1. The summed E-state index contributed by atoms with van der Waals surface area (Å²) in [7, 11) is 1.90. The van der Waals surface area contributed by atoms with Crippen LogP contribution in [0.5, 0.6) is 5.75 Å². The first-order chi connectivity index (χ1) is 10.1. The fourth-order valence-electron chi connectivity index (χ4n) is 2.70. The van der Waals surface area contributed by atoms with Crippen molar-refractivity contribution in [3.63, 3.8) is 0 Å². The van der Waals surface area contributed by atoms with Crippen LogP contribution in [0.3, 0.4) is 0 Å². The molecule has 1 aliphatic heterocycles. The van der Waals surface area contributed by atoms with Crippen molar-refractivity contribution in [3.8, 4) is 5.75 Å². The predicted molar refractivity (Wildman–Crippen MR) is 87.6 cm³/mol. The summed E-state index contributed by atoms with van der Waals surface area (Å²) >= 11 is 3.50. The van der Waals surface area contributed by atoms with Gasteiger partial charge in [0.05, 0.1) is 0 Å². The number of benzene rings is 1. The van der Waals surface area contributed by atoms with Crippen molar-refractivity contribution < 1.29 is 9.53 Å². The van der Waals surface area contributed by atoms with Crippen LogP contribution in [-0.4, -0.2) is 37.6 Å². The van der Waals surface area contributed by atoms with E-state index in [1.165, 1.54) is 6.42 Å². The number of amides is 1. The van der Waals surface area contributed by atoms with Gasteiger partial charge >= 0.3 is 0 Å². The number of nitrogens with zero attached hydrogens (tertiary/aromatic N) is 1. The minimum Gasteiger partial charge on any atom is -0.483 e. The Balaban J connectivity index is 2.03. The number of halogens is 1. The fraction of sp³-hybridized carbons (Fsp3) is 0.562. The summed E-state index contributed by atoms with van der Waals surface area (Å²) in [6.07, 6.45) is 3.44. The summed E-state index contributed by atoms with van der Waals surface area (Å²) in [5.41, 5.74) is 2.11. The van der Waals surface area contributed by atoms with E-state index in [2.05, 4.69) is 21.2 Å². The predicted octanol–water partition coefficient (Wildman–Crippen LogP) is 2.87. The normalized spacial score (nSPS) is 15.1. The highest BCUT2D eigenvalue weighted by Crippen LogP contribution is 2.28. The number of ether oxygens (including phenoxy) is 1. The average Bonchev–Trinajstić information content (AvgIpc) is 2.47. The molecule has 1 aliphatic rings. The van der Waals surface area contributed by atoms with E-state index in [0.717, 1.165) is 47.3 Å². The van der Waals surface area contributed by atoms with E-state index >= 15 is 0 Å². The lowest BCUT2D eigenvalue weighted by atomic mass is 10.1. The molecule has 1 fully saturated rings. The van der Waals surface area contributed by atoms with Crippen LogP contribution in [0.15, 0.2) is 16.6 Å². The fourth-order valence-corrected chi connectivity index (χ4v) is 3.32. The molecule has 1 aromatic rings. The zero-order chi connectivity index (χ0) is 15.2. The topological polar surface area (TPSA) is 41.6 Å². The molecule has 2 rings (SSSR count). The van der Waals surface area contributed by atoms with Crippen molar-refractivity contribution in [1.29, 1.82) is 0 Å². The smallest absolute Gasteiger partial charge is 0.260 e. The molecule has 5 heteroatoms. The van der Waals surface area contributed by atoms with E-state index in [-0.39, 0.29) is 12.5 Å². The van der Waals surface area contributed by atoms with Gasteiger partial charge in [0.1, 0.15) is 5.75 Å². The summed E-state index contributed by atoms with van der Waals surface area (Å²) in [5, 5.41) is 3.13. The summed E-state index contributed by atoms with van der Waals surface area (Å²) in [5.74, 6) is 0.908. The lowest BCUT2D eigenvalue weighted by Crippen LogP contribution is -2.38. The van der Waals surface area contributed by atoms with Gasteiger partial charge in [-0.3, -0.25) is 4.79 Å². The third kappa shape index (κ3) is 4.45. The first-order valence-corrected chi connectivity index (χ1v) is 8.25. The maximum atomic E-state index is 12.2. The molecule has 1 heterocycles. The molecular formula is C16H23BrN2O2. The first kappa shape index (κ1) is 16.3. The Morgan fingerprint density at radius 3 is 2.71 bits per heavy atom. The lowest BCUT2D eigenvalue weighted by molar-refractivity contribution is -0.134. The molecule has 0 atom stereocenters. The Morgan fingerprint density at radius 1 is 1.33 bits per heavy atom. The SMILES string of the molecule is CNCc1cc(Br)cc(C)c1OCC(=O)N1CCCCC1. The van der Waals surface area contributed by atoms with Gasteiger partial charge in [-0.15, -0.1) is 0 Å². The number of carbonyl (C=O) groups is 1. The highest BCUT2D eigenvalue weighted by Gasteiger charge is 2.18. The van der Waals surface area contributed by atoms with Crippen molar-refractivity contribution in [2.45, 2.75) is 32.7 Å². The third-order valence-corrected chi connectivity index (χ3v) is 4.19. The molecule has 1 aromatic carbocycles. The second kappa shape index (κ2) is 7.80. The van der Waals surface area contributed by atoms with Crippen LogP contribution < -0.4 is 10.1 Å². The summed E-state index contributed by atoms with van der Waals surface area (Å²) in [4.78, 5) is 14.1. The molecule has 1 saturated heterocycles. The Bertz CT molecular complexity index is 499. The van der Waals surface area contributed by atoms with Crippen LogP contribution >= 0.6 is 15.9 Å². The molecule has 1 N–H and O–H groups in total. The van der Waals surface area contributed by atoms with Gasteiger partial charge in [0.25, 0.3) is 5.91 Å². The molecule has 0 aromatic heterocycles. The summed E-state index contributed by atoms with van der Waals surface area (Å²) in [6.45, 7) is 4.58. The van der Waals surface area contributed by atoms with Crippen molar-refractivity contribution >= 4 is 21.8 Å². The standard InChI is InChI=1S/C16H23BrN2O2/c1-12-8-14(17)9-13(10-18-2)16(12)21-11-15(20)19-6-4-3-5-7-19/h8-9,18H,3-7,10-11H2,1-2H3. The van der Waals surface area contributed by atoms with Gasteiger partial charge in [-0.2, -0.15) is 0 Å². The highest BCUT2D eigenvalue weighted by molar-refractivity contribution is 9.10. The van der Waals surface area contributed by atoms with Gasteiger partial charge < -0.3 is 15.0 Å². The van der Waals surface area contributed by atoms with Crippen molar-refractivity contribution in [2.24, 2.45) is 0 Å². The highest BCUT2D eigenvalue weighted by atomic mass is 79.9. The van der Waals surface area contributed by atoms with Gasteiger partial charge in [0, 0.05) is 29.7 Å². The second-order valence-electron chi connectivity index (χ2n) is 5.47. The zero-order valence-corrected chi connectivity index (χ0v) is 14.3. The maximum absolute atomic E-state index is 12.2. The molecular weight excluding hydrogens is 332 g/mol. The Kier molecular flexibility index (Phi) is 6.06. The van der Waals surface area contributed by atoms with Crippen LogP contribution in [-0.2, 0) is 11.3 Å². The summed E-state index contributed by atoms with van der Waals surface area (Å²) in [6, 6.07) is 4.05. The number of hydrogen-bond acceptors (Lipinski definition) is 3. The molecule has 0 radical (unpaired) electrons. The zero-order valence-electron chi connectivity index (χ0n) is 12.7. The second-order valence-corrected chi connectivity index (χ2v) is 6.39. The largest absolute Gasteiger partial charge is 0.483 e. The number of aryl methyl sites for hydroxylation is 1. The molecule has 0 aliphatic carbocycles. The molecule has 0 spiro atoms. The number of piperidine rings is 1. The van der Waals surface area contributed by atoms with E-state index < -0.39 is 0 Å². The van der Waals surface area contributed by atoms with E-state index in [1.54, 1.807) is 0 Å². The quantitative estimate of drug-likeness (QED) is 0.883. The third-order valence-electron chi connectivity index (χ3n) is 3.73. The Hall–Kier alpha value is -1.07. The lowest BCUT2D eigenvalue weighted by Gasteiger charge is -2.27. The summed E-state index contributed by atoms with van der Waals surface area (Å²) < 4.78 is 6.87. The van der Waals surface area contributed by atoms with Gasteiger partial charge in [-0.25, -0.2) is 0 Å². The molecule has 1 amide bonds. The Morgan fingerprint density at radius 2 is 2.05 bits per heavy atom. The Labute approximate surface area is 135 Å². The van der Waals surface area contributed by atoms with Crippen LogP contribution in [0.4, 0.5) is 0 Å². The molecule has 21 heavy (non-hydrogen) atoms. The van der Waals surface area contributed by atoms with E-state index in [0.29, 0.717) is 6.54 Å². The number of nitrogens with one attached hydrogen (secondary N) is 1. The van der Waals surface area contributed by atoms with E-state index in [9.17, 15) is 4.79 Å². The van der Waals surface area contributed by atoms with Gasteiger partial charge in [-0.1, -0.05) is 15.9 Å². The van der Waals surface area contributed by atoms with Crippen LogP contribution in [0.25, 0.3) is 0 Å². The monoisotopic (exact) mass is 354 g/mol. The molecule has 0 bridgehead atoms. The molecule has 0 unspecified atom stereocenters. The van der Waals surface area contributed by atoms with Gasteiger partial charge in [0.2, 0.25) is 0 Å². The molecule has 116 valence electrons. The molecule has 0 saturated carbocycles. The first-order valence-electron chi connectivity index (χ1n) is 7.46. The van der Waals surface area contributed by atoms with Crippen molar-refractivity contribution in [3.05, 3.63) is 27.7 Å². The van der Waals surface area contributed by atoms with E-state index in [4.69, 9.17) is 4.74 Å². The number of likely N-dealkylation sites (tertiary alicyclic amines) is 1. The van der Waals surface area contributed by atoms with Crippen molar-refractivity contribution in [2.75, 3.05) is 26.7 Å². The van der Waals surface area contributed by atoms with Gasteiger partial charge in [0.15, 0.2) is 6.61 Å². The maximum Gasteiger partial charge on any atom is 0.260 e. The molecule has 4 nitrogen and oxygen atoms in total. The number of carbonyl (C=O) groups excluding carboxylic acids is 1. The van der Waals surface area contributed by atoms with Gasteiger partial charge in [-0.05, 0) is 50.9 Å². The van der Waals surface area contributed by atoms with Crippen LogP contribution in [0, 0.1) is 6.92 Å². The minimum atomic E-state index is 0.0902. The van der Waals surface area contributed by atoms with Crippen LogP contribution in [0.1, 0.15) is 30.4 Å². The van der Waals surface area contributed by atoms with Crippen LogP contribution in [0.2, 0.25) is 0 Å².